The molecule has 0 N–H and O–H groups in total. The molecule has 1 saturated heterocycles. The predicted molar refractivity (Wildman–Crippen MR) is 87.5 cm³/mol. The summed E-state index contributed by atoms with van der Waals surface area (Å²) in [6.45, 7) is -0.0992. The fourth-order valence-corrected chi connectivity index (χ4v) is 2.54. The van der Waals surface area contributed by atoms with E-state index in [1.165, 1.54) is 7.11 Å². The minimum atomic E-state index is -0.748. The average molecular weight is 326 g/mol. The van der Waals surface area contributed by atoms with Gasteiger partial charge in [0.2, 0.25) is 0 Å². The third-order valence-corrected chi connectivity index (χ3v) is 3.90. The van der Waals surface area contributed by atoms with E-state index in [1.807, 2.05) is 42.5 Å². The normalized spacial score (nSPS) is 20.1. The number of benzene rings is 2. The maximum absolute atomic E-state index is 12.1. The minimum Gasteiger partial charge on any atom is -0.459 e. The maximum Gasteiger partial charge on any atom is 0.338 e. The SMILES string of the molecule is CO[C@H]1CC(=O)[C@@H](COC(=O)c2ccc(-c3ccccc3)cc2)O1. The van der Waals surface area contributed by atoms with Gasteiger partial charge in [-0.05, 0) is 23.3 Å². The molecule has 24 heavy (non-hydrogen) atoms. The molecule has 2 aromatic rings. The molecule has 5 heteroatoms. The van der Waals surface area contributed by atoms with Crippen LogP contribution in [0.15, 0.2) is 54.6 Å². The monoisotopic (exact) mass is 326 g/mol. The molecule has 1 aliphatic heterocycles. The van der Waals surface area contributed by atoms with Gasteiger partial charge in [0.05, 0.1) is 12.0 Å². The van der Waals surface area contributed by atoms with Crippen LogP contribution in [0.25, 0.3) is 11.1 Å². The molecule has 5 nitrogen and oxygen atoms in total. The van der Waals surface area contributed by atoms with Gasteiger partial charge in [-0.3, -0.25) is 4.79 Å². The zero-order valence-corrected chi connectivity index (χ0v) is 13.3. The highest BCUT2D eigenvalue weighted by Gasteiger charge is 2.34. The molecule has 0 amide bonds. The number of Topliss-reactive ketones (excluding diaryl/α,β-unsaturated/α-hetero) is 1. The molecule has 0 saturated carbocycles. The number of methoxy groups -OCH3 is 1. The summed E-state index contributed by atoms with van der Waals surface area (Å²) >= 11 is 0. The third-order valence-electron chi connectivity index (χ3n) is 3.90. The Labute approximate surface area is 140 Å². The van der Waals surface area contributed by atoms with E-state index in [0.29, 0.717) is 5.56 Å². The van der Waals surface area contributed by atoms with Gasteiger partial charge < -0.3 is 14.2 Å². The Morgan fingerprint density at radius 2 is 1.75 bits per heavy atom. The van der Waals surface area contributed by atoms with Gasteiger partial charge in [-0.15, -0.1) is 0 Å². The average Bonchev–Trinajstić information content (AvgIpc) is 3.00. The van der Waals surface area contributed by atoms with Crippen molar-refractivity contribution in [1.29, 1.82) is 0 Å². The molecule has 1 aliphatic rings. The maximum atomic E-state index is 12.1. The molecule has 0 unspecified atom stereocenters. The molecule has 1 fully saturated rings. The van der Waals surface area contributed by atoms with Crippen LogP contribution in [0.1, 0.15) is 16.8 Å². The van der Waals surface area contributed by atoms with Crippen molar-refractivity contribution in [3.05, 3.63) is 60.2 Å². The van der Waals surface area contributed by atoms with Crippen molar-refractivity contribution in [3.8, 4) is 11.1 Å². The Balaban J connectivity index is 1.59. The summed E-state index contributed by atoms with van der Waals surface area (Å²) in [5.41, 5.74) is 2.53. The van der Waals surface area contributed by atoms with Crippen LogP contribution < -0.4 is 0 Å². The van der Waals surface area contributed by atoms with Crippen LogP contribution in [0, 0.1) is 0 Å². The van der Waals surface area contributed by atoms with Crippen molar-refractivity contribution in [2.75, 3.05) is 13.7 Å². The van der Waals surface area contributed by atoms with E-state index in [-0.39, 0.29) is 18.8 Å². The molecule has 124 valence electrons. The highest BCUT2D eigenvalue weighted by Crippen LogP contribution is 2.20. The summed E-state index contributed by atoms with van der Waals surface area (Å²) in [6, 6.07) is 17.0. The summed E-state index contributed by atoms with van der Waals surface area (Å²) < 4.78 is 15.5. The lowest BCUT2D eigenvalue weighted by Gasteiger charge is -2.11. The van der Waals surface area contributed by atoms with Crippen molar-refractivity contribution in [2.24, 2.45) is 0 Å². The van der Waals surface area contributed by atoms with E-state index in [4.69, 9.17) is 14.2 Å². The quantitative estimate of drug-likeness (QED) is 0.791. The van der Waals surface area contributed by atoms with Gasteiger partial charge in [-0.1, -0.05) is 42.5 Å². The van der Waals surface area contributed by atoms with E-state index < -0.39 is 18.4 Å². The van der Waals surface area contributed by atoms with Crippen molar-refractivity contribution >= 4 is 11.8 Å². The van der Waals surface area contributed by atoms with E-state index in [0.717, 1.165) is 11.1 Å². The first kappa shape index (κ1) is 16.4. The summed E-state index contributed by atoms with van der Waals surface area (Å²) in [5.74, 6) is -0.596. The molecule has 1 heterocycles. The summed E-state index contributed by atoms with van der Waals surface area (Å²) in [5, 5.41) is 0. The van der Waals surface area contributed by atoms with Gasteiger partial charge in [0.15, 0.2) is 18.2 Å². The van der Waals surface area contributed by atoms with E-state index in [2.05, 4.69) is 0 Å². The molecule has 0 aromatic heterocycles. The number of esters is 1. The van der Waals surface area contributed by atoms with Crippen LogP contribution in [0.2, 0.25) is 0 Å². The fraction of sp³-hybridized carbons (Fsp3) is 0.263. The van der Waals surface area contributed by atoms with Crippen LogP contribution >= 0.6 is 0 Å². The second-order valence-corrected chi connectivity index (χ2v) is 5.50. The van der Waals surface area contributed by atoms with E-state index in [9.17, 15) is 9.59 Å². The number of carbonyl (C=O) groups excluding carboxylic acids is 2. The Hall–Kier alpha value is -2.50. The molecular formula is C19H18O5. The zero-order chi connectivity index (χ0) is 16.9. The van der Waals surface area contributed by atoms with Crippen LogP contribution in [-0.4, -0.2) is 37.9 Å². The van der Waals surface area contributed by atoms with Gasteiger partial charge >= 0.3 is 5.97 Å². The fourth-order valence-electron chi connectivity index (χ4n) is 2.54. The molecule has 0 aliphatic carbocycles. The van der Waals surface area contributed by atoms with E-state index in [1.54, 1.807) is 12.1 Å². The number of ketones is 1. The number of hydrogen-bond donors (Lipinski definition) is 0. The first-order valence-electron chi connectivity index (χ1n) is 7.71. The van der Waals surface area contributed by atoms with Crippen LogP contribution in [0.3, 0.4) is 0 Å². The number of ether oxygens (including phenoxy) is 3. The summed E-state index contributed by atoms with van der Waals surface area (Å²) in [6.07, 6.45) is -1.11. The molecular weight excluding hydrogens is 308 g/mol. The molecule has 0 bridgehead atoms. The van der Waals surface area contributed by atoms with Crippen molar-refractivity contribution in [3.63, 3.8) is 0 Å². The molecule has 3 rings (SSSR count). The third kappa shape index (κ3) is 3.69. The smallest absolute Gasteiger partial charge is 0.338 e. The standard InChI is InChI=1S/C19H18O5/c1-22-18-11-16(20)17(24-18)12-23-19(21)15-9-7-14(8-10-15)13-5-3-2-4-6-13/h2-10,17-18H,11-12H2,1H3/t17-,18-/m1/s1. The van der Waals surface area contributed by atoms with Crippen molar-refractivity contribution in [1.82, 2.24) is 0 Å². The molecule has 2 atom stereocenters. The van der Waals surface area contributed by atoms with E-state index >= 15 is 0 Å². The largest absolute Gasteiger partial charge is 0.459 e. The zero-order valence-electron chi connectivity index (χ0n) is 13.3. The number of rotatable bonds is 5. The highest BCUT2D eigenvalue weighted by atomic mass is 16.7. The predicted octanol–water partition coefficient (Wildman–Crippen LogP) is 2.84. The first-order valence-corrected chi connectivity index (χ1v) is 7.71. The lowest BCUT2D eigenvalue weighted by molar-refractivity contribution is -0.135. The Kier molecular flexibility index (Phi) is 5.03. The van der Waals surface area contributed by atoms with Crippen LogP contribution in [0.4, 0.5) is 0 Å². The van der Waals surface area contributed by atoms with Gasteiger partial charge in [0.25, 0.3) is 0 Å². The topological polar surface area (TPSA) is 61.8 Å². The van der Waals surface area contributed by atoms with Gasteiger partial charge in [0.1, 0.15) is 6.61 Å². The van der Waals surface area contributed by atoms with Crippen LogP contribution in [0.5, 0.6) is 0 Å². The minimum absolute atomic E-state index is 0.0992. The first-order chi connectivity index (χ1) is 11.7. The van der Waals surface area contributed by atoms with Gasteiger partial charge in [-0.2, -0.15) is 0 Å². The summed E-state index contributed by atoms with van der Waals surface area (Å²) in [7, 11) is 1.47. The van der Waals surface area contributed by atoms with Gasteiger partial charge in [0, 0.05) is 7.11 Å². The Bertz CT molecular complexity index is 708. The molecule has 0 spiro atoms. The Morgan fingerprint density at radius 3 is 2.38 bits per heavy atom. The van der Waals surface area contributed by atoms with Gasteiger partial charge in [-0.25, -0.2) is 4.79 Å². The second-order valence-electron chi connectivity index (χ2n) is 5.50. The molecule has 0 radical (unpaired) electrons. The lowest BCUT2D eigenvalue weighted by atomic mass is 10.0. The second kappa shape index (κ2) is 7.38. The number of carbonyl (C=O) groups is 2. The van der Waals surface area contributed by atoms with Crippen LogP contribution in [-0.2, 0) is 19.0 Å². The Morgan fingerprint density at radius 1 is 1.08 bits per heavy atom. The molecule has 2 aromatic carbocycles. The highest BCUT2D eigenvalue weighted by molar-refractivity contribution is 5.91. The summed E-state index contributed by atoms with van der Waals surface area (Å²) in [4.78, 5) is 23.8. The lowest BCUT2D eigenvalue weighted by Crippen LogP contribution is -2.25. The van der Waals surface area contributed by atoms with Crippen molar-refractivity contribution < 1.29 is 23.8 Å². The van der Waals surface area contributed by atoms with Crippen molar-refractivity contribution in [2.45, 2.75) is 18.8 Å². The number of hydrogen-bond acceptors (Lipinski definition) is 5.